The molecule has 0 radical (unpaired) electrons. The summed E-state index contributed by atoms with van der Waals surface area (Å²) in [6, 6.07) is 71.0. The van der Waals surface area contributed by atoms with Crippen LogP contribution in [0, 0.1) is 11.3 Å². The molecule has 276 valence electrons. The molecule has 3 heterocycles. The number of benzene rings is 8. The van der Waals surface area contributed by atoms with E-state index in [2.05, 4.69) is 126 Å². The van der Waals surface area contributed by atoms with E-state index in [9.17, 15) is 5.26 Å². The average molecular weight is 756 g/mol. The van der Waals surface area contributed by atoms with Crippen LogP contribution in [-0.4, -0.2) is 19.5 Å². The second-order valence-electron chi connectivity index (χ2n) is 14.7. The van der Waals surface area contributed by atoms with Crippen molar-refractivity contribution in [3.05, 3.63) is 228 Å². The molecular formula is C53H33N5O. The topological polar surface area (TPSA) is 76.6 Å². The Balaban J connectivity index is 1.14. The Labute approximate surface area is 341 Å². The van der Waals surface area contributed by atoms with Crippen molar-refractivity contribution in [1.82, 2.24) is 19.5 Å². The van der Waals surface area contributed by atoms with Gasteiger partial charge in [0.1, 0.15) is 11.5 Å². The highest BCUT2D eigenvalue weighted by Gasteiger charge is 2.45. The molecule has 0 N–H and O–H groups in total. The molecule has 0 unspecified atom stereocenters. The fourth-order valence-corrected chi connectivity index (χ4v) is 8.77. The fraction of sp³-hybridized carbons (Fsp3) is 0.0189. The molecule has 6 nitrogen and oxygen atoms in total. The zero-order valence-electron chi connectivity index (χ0n) is 31.7. The Morgan fingerprint density at radius 3 is 1.58 bits per heavy atom. The van der Waals surface area contributed by atoms with E-state index in [0.717, 1.165) is 77.8 Å². The number of hydrogen-bond donors (Lipinski definition) is 0. The van der Waals surface area contributed by atoms with Gasteiger partial charge in [0.15, 0.2) is 11.6 Å². The molecule has 0 fully saturated rings. The molecule has 6 heteroatoms. The van der Waals surface area contributed by atoms with Gasteiger partial charge < -0.3 is 4.74 Å². The van der Waals surface area contributed by atoms with E-state index >= 15 is 0 Å². The van der Waals surface area contributed by atoms with Gasteiger partial charge >= 0.3 is 0 Å². The minimum atomic E-state index is -0.643. The summed E-state index contributed by atoms with van der Waals surface area (Å²) in [5.74, 6) is 3.30. The highest BCUT2D eigenvalue weighted by atomic mass is 16.5. The van der Waals surface area contributed by atoms with Crippen LogP contribution in [0.2, 0.25) is 0 Å². The van der Waals surface area contributed by atoms with E-state index in [1.165, 1.54) is 0 Å². The quantitative estimate of drug-likeness (QED) is 0.169. The van der Waals surface area contributed by atoms with E-state index in [1.807, 2.05) is 84.9 Å². The predicted octanol–water partition coefficient (Wildman–Crippen LogP) is 12.3. The lowest BCUT2D eigenvalue weighted by atomic mass is 9.63. The van der Waals surface area contributed by atoms with Crippen LogP contribution in [0.25, 0.3) is 61.7 Å². The van der Waals surface area contributed by atoms with Crippen molar-refractivity contribution in [2.75, 3.05) is 0 Å². The lowest BCUT2D eigenvalue weighted by molar-refractivity contribution is 0.434. The standard InChI is InChI=1S/C53H33N5O/c54-34-35-25-28-46-42(31-35)43-32-38(26-29-47(43)58(46)52-56-50(36-15-5-1-6-16-36)55-51(57-52)37-17-7-2-8-18-37)39-27-30-49-45(33-39)53(40-19-9-3-10-20-40,41-21-11-4-12-22-41)44-23-13-14-24-48(44)59-49/h1-33H. The molecule has 0 aliphatic carbocycles. The molecule has 8 aromatic carbocycles. The first kappa shape index (κ1) is 34.1. The van der Waals surface area contributed by atoms with Crippen LogP contribution >= 0.6 is 0 Å². The van der Waals surface area contributed by atoms with Gasteiger partial charge in [0.05, 0.1) is 28.1 Å². The molecule has 59 heavy (non-hydrogen) atoms. The molecule has 0 saturated carbocycles. The Morgan fingerprint density at radius 1 is 0.441 bits per heavy atom. The van der Waals surface area contributed by atoms with Crippen LogP contribution in [0.4, 0.5) is 0 Å². The number of nitriles is 1. The molecule has 11 rings (SSSR count). The van der Waals surface area contributed by atoms with Crippen LogP contribution < -0.4 is 4.74 Å². The minimum Gasteiger partial charge on any atom is -0.457 e. The van der Waals surface area contributed by atoms with Crippen molar-refractivity contribution in [2.24, 2.45) is 0 Å². The summed E-state index contributed by atoms with van der Waals surface area (Å²) in [4.78, 5) is 15.1. The summed E-state index contributed by atoms with van der Waals surface area (Å²) in [7, 11) is 0. The van der Waals surface area contributed by atoms with Crippen molar-refractivity contribution < 1.29 is 4.74 Å². The van der Waals surface area contributed by atoms with Gasteiger partial charge in [-0.15, -0.1) is 0 Å². The molecule has 2 aromatic heterocycles. The zero-order valence-corrected chi connectivity index (χ0v) is 31.7. The van der Waals surface area contributed by atoms with E-state index in [4.69, 9.17) is 19.7 Å². The number of aromatic nitrogens is 4. The van der Waals surface area contributed by atoms with Gasteiger partial charge in [0, 0.05) is 33.0 Å². The normalized spacial score (nSPS) is 12.7. The first-order valence-corrected chi connectivity index (χ1v) is 19.6. The van der Waals surface area contributed by atoms with E-state index in [1.54, 1.807) is 0 Å². The third-order valence-corrected chi connectivity index (χ3v) is 11.4. The van der Waals surface area contributed by atoms with Gasteiger partial charge in [-0.25, -0.2) is 4.98 Å². The van der Waals surface area contributed by atoms with Gasteiger partial charge in [-0.3, -0.25) is 4.57 Å². The minimum absolute atomic E-state index is 0.496. The first-order valence-electron chi connectivity index (χ1n) is 19.6. The molecule has 0 bridgehead atoms. The maximum absolute atomic E-state index is 10.1. The molecular weight excluding hydrogens is 723 g/mol. The summed E-state index contributed by atoms with van der Waals surface area (Å²) in [6.45, 7) is 0. The Hall–Kier alpha value is -8.14. The summed E-state index contributed by atoms with van der Waals surface area (Å²) in [5, 5.41) is 12.0. The predicted molar refractivity (Wildman–Crippen MR) is 234 cm³/mol. The van der Waals surface area contributed by atoms with Gasteiger partial charge in [0.25, 0.3) is 0 Å². The van der Waals surface area contributed by atoms with Crippen LogP contribution in [0.1, 0.15) is 27.8 Å². The third-order valence-electron chi connectivity index (χ3n) is 11.4. The molecule has 0 atom stereocenters. The SMILES string of the molecule is N#Cc1ccc2c(c1)c1cc(-c3ccc4c(c3)C(c3ccccc3)(c3ccccc3)c3ccccc3O4)ccc1n2-c1nc(-c2ccccc2)nc(-c2ccccc2)n1. The second-order valence-corrected chi connectivity index (χ2v) is 14.7. The van der Waals surface area contributed by atoms with E-state index < -0.39 is 5.41 Å². The van der Waals surface area contributed by atoms with Crippen molar-refractivity contribution in [1.29, 1.82) is 5.26 Å². The monoisotopic (exact) mass is 755 g/mol. The van der Waals surface area contributed by atoms with Gasteiger partial charge in [0.2, 0.25) is 5.95 Å². The fourth-order valence-electron chi connectivity index (χ4n) is 8.77. The number of nitrogens with zero attached hydrogens (tertiary/aromatic N) is 5. The van der Waals surface area contributed by atoms with Crippen molar-refractivity contribution in [3.63, 3.8) is 0 Å². The Bertz CT molecular complexity index is 3150. The van der Waals surface area contributed by atoms with Crippen LogP contribution in [0.5, 0.6) is 11.5 Å². The van der Waals surface area contributed by atoms with Crippen LogP contribution in [0.15, 0.2) is 200 Å². The van der Waals surface area contributed by atoms with Crippen LogP contribution in [0.3, 0.4) is 0 Å². The summed E-state index contributed by atoms with van der Waals surface area (Å²) >= 11 is 0. The molecule has 10 aromatic rings. The highest BCUT2D eigenvalue weighted by Crippen LogP contribution is 2.56. The molecule has 0 spiro atoms. The van der Waals surface area contributed by atoms with Gasteiger partial charge in [-0.2, -0.15) is 15.2 Å². The number of ether oxygens (including phenoxy) is 1. The molecule has 0 saturated heterocycles. The molecule has 1 aliphatic rings. The average Bonchev–Trinajstić information content (AvgIpc) is 3.64. The number of rotatable bonds is 6. The maximum atomic E-state index is 10.1. The number of para-hydroxylation sites is 1. The number of fused-ring (bicyclic) bond motifs is 5. The maximum Gasteiger partial charge on any atom is 0.238 e. The van der Waals surface area contributed by atoms with Crippen molar-refractivity contribution in [3.8, 4) is 57.4 Å². The molecule has 0 amide bonds. The summed E-state index contributed by atoms with van der Waals surface area (Å²) in [6.07, 6.45) is 0. The van der Waals surface area contributed by atoms with Crippen molar-refractivity contribution >= 4 is 21.8 Å². The van der Waals surface area contributed by atoms with Gasteiger partial charge in [-0.05, 0) is 70.8 Å². The zero-order chi connectivity index (χ0) is 39.3. The second kappa shape index (κ2) is 13.8. The lowest BCUT2D eigenvalue weighted by Gasteiger charge is -2.41. The smallest absolute Gasteiger partial charge is 0.238 e. The van der Waals surface area contributed by atoms with Crippen LogP contribution in [-0.2, 0) is 5.41 Å². The Kier molecular flexibility index (Phi) is 7.99. The number of hydrogen-bond acceptors (Lipinski definition) is 5. The highest BCUT2D eigenvalue weighted by molar-refractivity contribution is 6.10. The summed E-state index contributed by atoms with van der Waals surface area (Å²) < 4.78 is 8.79. The van der Waals surface area contributed by atoms with E-state index in [-0.39, 0.29) is 0 Å². The third kappa shape index (κ3) is 5.52. The molecule has 1 aliphatic heterocycles. The summed E-state index contributed by atoms with van der Waals surface area (Å²) in [5.41, 5.74) is 10.1. The largest absolute Gasteiger partial charge is 0.457 e. The van der Waals surface area contributed by atoms with E-state index in [0.29, 0.717) is 23.2 Å². The lowest BCUT2D eigenvalue weighted by Crippen LogP contribution is -2.34. The Morgan fingerprint density at radius 2 is 0.949 bits per heavy atom. The van der Waals surface area contributed by atoms with Crippen molar-refractivity contribution in [2.45, 2.75) is 5.41 Å². The first-order chi connectivity index (χ1) is 29.2. The van der Waals surface area contributed by atoms with Gasteiger partial charge in [-0.1, -0.05) is 152 Å².